The maximum Gasteiger partial charge on any atom is 0.325 e. The smallest absolute Gasteiger partial charge is 0.325 e. The number of nitrogens with one attached hydrogen (secondary N) is 2. The Morgan fingerprint density at radius 1 is 1.47 bits per heavy atom. The molecule has 1 fully saturated rings. The van der Waals surface area contributed by atoms with Gasteiger partial charge >= 0.3 is 12.0 Å². The number of hydrogen-bond donors (Lipinski definition) is 3. The van der Waals surface area contributed by atoms with Crippen molar-refractivity contribution in [1.29, 1.82) is 0 Å². The SMILES string of the molecule is CCSC1CCCC1NC(=O)N[C@@H](C)C(=O)O. The van der Waals surface area contributed by atoms with Gasteiger partial charge in [-0.25, -0.2) is 4.79 Å². The minimum Gasteiger partial charge on any atom is -0.480 e. The number of carboxylic acid groups (broad SMARTS) is 1. The fraction of sp³-hybridized carbons (Fsp3) is 0.818. The molecule has 2 unspecified atom stereocenters. The molecule has 0 aromatic rings. The molecule has 0 heterocycles. The van der Waals surface area contributed by atoms with E-state index in [4.69, 9.17) is 5.11 Å². The number of urea groups is 1. The van der Waals surface area contributed by atoms with Crippen LogP contribution in [0.4, 0.5) is 4.79 Å². The maximum absolute atomic E-state index is 11.6. The lowest BCUT2D eigenvalue weighted by Crippen LogP contribution is -2.49. The van der Waals surface area contributed by atoms with Crippen molar-refractivity contribution in [1.82, 2.24) is 10.6 Å². The molecule has 3 atom stereocenters. The van der Waals surface area contributed by atoms with Gasteiger partial charge in [0.05, 0.1) is 0 Å². The van der Waals surface area contributed by atoms with Gasteiger partial charge in [0, 0.05) is 11.3 Å². The Kier molecular flexibility index (Phi) is 5.61. The van der Waals surface area contributed by atoms with Crippen molar-refractivity contribution in [2.75, 3.05) is 5.75 Å². The minimum absolute atomic E-state index is 0.168. The van der Waals surface area contributed by atoms with Crippen molar-refractivity contribution in [3.63, 3.8) is 0 Å². The zero-order valence-corrected chi connectivity index (χ0v) is 11.0. The molecular formula is C11H20N2O3S. The fourth-order valence-corrected chi connectivity index (χ4v) is 3.17. The second kappa shape index (κ2) is 6.74. The van der Waals surface area contributed by atoms with Crippen molar-refractivity contribution in [2.45, 2.75) is 50.4 Å². The van der Waals surface area contributed by atoms with Gasteiger partial charge in [0.15, 0.2) is 0 Å². The molecule has 0 aromatic carbocycles. The van der Waals surface area contributed by atoms with E-state index in [1.165, 1.54) is 6.92 Å². The average molecular weight is 260 g/mol. The Labute approximate surface area is 106 Å². The molecule has 3 N–H and O–H groups in total. The van der Waals surface area contributed by atoms with E-state index in [9.17, 15) is 9.59 Å². The third-order valence-corrected chi connectivity index (χ3v) is 4.19. The molecule has 17 heavy (non-hydrogen) atoms. The summed E-state index contributed by atoms with van der Waals surface area (Å²) in [5, 5.41) is 14.4. The van der Waals surface area contributed by atoms with Crippen LogP contribution in [0.5, 0.6) is 0 Å². The van der Waals surface area contributed by atoms with Crippen LogP contribution in [0.25, 0.3) is 0 Å². The number of aliphatic carboxylic acids is 1. The lowest BCUT2D eigenvalue weighted by molar-refractivity contribution is -0.138. The third kappa shape index (κ3) is 4.46. The van der Waals surface area contributed by atoms with Crippen LogP contribution in [0, 0.1) is 0 Å². The Bertz CT molecular complexity index is 286. The van der Waals surface area contributed by atoms with E-state index in [0.717, 1.165) is 25.0 Å². The van der Waals surface area contributed by atoms with Crippen LogP contribution in [-0.4, -0.2) is 40.2 Å². The number of rotatable bonds is 5. The summed E-state index contributed by atoms with van der Waals surface area (Å²) >= 11 is 1.86. The van der Waals surface area contributed by atoms with E-state index in [-0.39, 0.29) is 12.1 Å². The van der Waals surface area contributed by atoms with E-state index in [1.54, 1.807) is 0 Å². The highest BCUT2D eigenvalue weighted by Crippen LogP contribution is 2.29. The van der Waals surface area contributed by atoms with Crippen LogP contribution < -0.4 is 10.6 Å². The number of amides is 2. The average Bonchev–Trinajstić information content (AvgIpc) is 2.66. The molecule has 98 valence electrons. The van der Waals surface area contributed by atoms with E-state index in [0.29, 0.717) is 5.25 Å². The summed E-state index contributed by atoms with van der Waals surface area (Å²) in [4.78, 5) is 22.2. The number of carbonyl (C=O) groups excluding carboxylic acids is 1. The van der Waals surface area contributed by atoms with Crippen molar-refractivity contribution in [3.05, 3.63) is 0 Å². The number of carbonyl (C=O) groups is 2. The van der Waals surface area contributed by atoms with Gasteiger partial charge in [-0.05, 0) is 25.5 Å². The topological polar surface area (TPSA) is 78.4 Å². The van der Waals surface area contributed by atoms with E-state index in [2.05, 4.69) is 17.6 Å². The predicted octanol–water partition coefficient (Wildman–Crippen LogP) is 1.43. The molecule has 6 heteroatoms. The van der Waals surface area contributed by atoms with E-state index in [1.807, 2.05) is 11.8 Å². The van der Waals surface area contributed by atoms with Gasteiger partial charge in [-0.3, -0.25) is 4.79 Å². The van der Waals surface area contributed by atoms with Crippen LogP contribution in [0.1, 0.15) is 33.1 Å². The molecule has 0 saturated heterocycles. The minimum atomic E-state index is -1.02. The zero-order valence-electron chi connectivity index (χ0n) is 10.2. The summed E-state index contributed by atoms with van der Waals surface area (Å²) in [6, 6.07) is -1.07. The lowest BCUT2D eigenvalue weighted by atomic mass is 10.2. The van der Waals surface area contributed by atoms with Gasteiger partial charge in [-0.15, -0.1) is 0 Å². The van der Waals surface area contributed by atoms with Crippen molar-refractivity contribution < 1.29 is 14.7 Å². The van der Waals surface area contributed by atoms with Crippen molar-refractivity contribution >= 4 is 23.8 Å². The van der Waals surface area contributed by atoms with E-state index < -0.39 is 12.0 Å². The first kappa shape index (κ1) is 14.2. The molecule has 0 bridgehead atoms. The highest BCUT2D eigenvalue weighted by atomic mass is 32.2. The highest BCUT2D eigenvalue weighted by Gasteiger charge is 2.28. The lowest BCUT2D eigenvalue weighted by Gasteiger charge is -2.21. The van der Waals surface area contributed by atoms with Crippen LogP contribution in [0.3, 0.4) is 0 Å². The van der Waals surface area contributed by atoms with Gasteiger partial charge in [-0.1, -0.05) is 13.3 Å². The monoisotopic (exact) mass is 260 g/mol. The molecule has 0 aliphatic heterocycles. The van der Waals surface area contributed by atoms with Crippen LogP contribution in [-0.2, 0) is 4.79 Å². The molecule has 5 nitrogen and oxygen atoms in total. The van der Waals surface area contributed by atoms with Crippen LogP contribution in [0.2, 0.25) is 0 Å². The van der Waals surface area contributed by atoms with Gasteiger partial charge in [-0.2, -0.15) is 11.8 Å². The predicted molar refractivity (Wildman–Crippen MR) is 68.3 cm³/mol. The number of carboxylic acids is 1. The van der Waals surface area contributed by atoms with Crippen LogP contribution >= 0.6 is 11.8 Å². The standard InChI is InChI=1S/C11H20N2O3S/c1-3-17-9-6-4-5-8(9)13-11(16)12-7(2)10(14)15/h7-9H,3-6H2,1-2H3,(H,14,15)(H2,12,13,16)/t7-,8?,9?/m0/s1. The second-order valence-corrected chi connectivity index (χ2v) is 5.73. The zero-order chi connectivity index (χ0) is 12.8. The molecule has 2 amide bonds. The van der Waals surface area contributed by atoms with Gasteiger partial charge in [0.2, 0.25) is 0 Å². The maximum atomic E-state index is 11.6. The molecule has 1 rings (SSSR count). The van der Waals surface area contributed by atoms with Gasteiger partial charge in [0.1, 0.15) is 6.04 Å². The van der Waals surface area contributed by atoms with Gasteiger partial charge < -0.3 is 15.7 Å². The largest absolute Gasteiger partial charge is 0.480 e. The summed E-state index contributed by atoms with van der Waals surface area (Å²) in [6.45, 7) is 3.56. The summed E-state index contributed by atoms with van der Waals surface area (Å²) < 4.78 is 0. The Morgan fingerprint density at radius 3 is 2.76 bits per heavy atom. The van der Waals surface area contributed by atoms with Crippen LogP contribution in [0.15, 0.2) is 0 Å². The number of thioether (sulfide) groups is 1. The van der Waals surface area contributed by atoms with Crippen molar-refractivity contribution in [3.8, 4) is 0 Å². The molecule has 0 aromatic heterocycles. The molecular weight excluding hydrogens is 240 g/mol. The molecule has 1 saturated carbocycles. The Morgan fingerprint density at radius 2 is 2.18 bits per heavy atom. The van der Waals surface area contributed by atoms with Crippen molar-refractivity contribution in [2.24, 2.45) is 0 Å². The number of hydrogen-bond acceptors (Lipinski definition) is 3. The molecule has 1 aliphatic carbocycles. The Hall–Kier alpha value is -0.910. The Balaban J connectivity index is 2.37. The van der Waals surface area contributed by atoms with E-state index >= 15 is 0 Å². The first-order chi connectivity index (χ1) is 8.04. The summed E-state index contributed by atoms with van der Waals surface area (Å²) in [6.07, 6.45) is 3.22. The van der Waals surface area contributed by atoms with Gasteiger partial charge in [0.25, 0.3) is 0 Å². The third-order valence-electron chi connectivity index (χ3n) is 2.87. The molecule has 1 aliphatic rings. The first-order valence-electron chi connectivity index (χ1n) is 5.96. The normalized spacial score (nSPS) is 25.3. The second-order valence-electron chi connectivity index (χ2n) is 4.21. The summed E-state index contributed by atoms with van der Waals surface area (Å²) in [7, 11) is 0. The fourth-order valence-electron chi connectivity index (χ4n) is 1.97. The highest BCUT2D eigenvalue weighted by molar-refractivity contribution is 7.99. The summed E-state index contributed by atoms with van der Waals surface area (Å²) in [5.41, 5.74) is 0. The molecule has 0 spiro atoms. The quantitative estimate of drug-likeness (QED) is 0.699. The summed E-state index contributed by atoms with van der Waals surface area (Å²) in [5.74, 6) is 0.0155. The molecule has 0 radical (unpaired) electrons. The first-order valence-corrected chi connectivity index (χ1v) is 7.01.